The summed E-state index contributed by atoms with van der Waals surface area (Å²) in [4.78, 5) is 29.7. The van der Waals surface area contributed by atoms with Crippen molar-refractivity contribution >= 4 is 59.6 Å². The summed E-state index contributed by atoms with van der Waals surface area (Å²) >= 11 is 10.4. The van der Waals surface area contributed by atoms with Crippen LogP contribution in [-0.2, 0) is 43.7 Å². The lowest BCUT2D eigenvalue weighted by Gasteiger charge is -2.36. The minimum atomic E-state index is -0.611. The summed E-state index contributed by atoms with van der Waals surface area (Å²) in [7, 11) is 3.32. The predicted molar refractivity (Wildman–Crippen MR) is 235 cm³/mol. The quantitative estimate of drug-likeness (QED) is 0.172. The molecule has 8 nitrogen and oxygen atoms in total. The standard InChI is InChI=1S/C23H26BrNO3.C15H19NO2.C8H8Br2O/c1-14(11-16-12-17(27-4)9-10-19(16)24)22(26)25-21-18-8-6-5-7-15(18)13-20(21)28-23(25,2)3;1-4-13(17)16-14-11-8-6-5-7-10(11)9-12(14)18-15(16,2)3;1-11-7-2-3-8(10)6(4-7)5-9/h5-10,12,14,20-21H,11,13H2,1-4H3;5-8,12,14H,4,9H2,1-3H3;2-4H,5H2,1H3. The molecule has 2 saturated heterocycles. The summed E-state index contributed by atoms with van der Waals surface area (Å²) in [6.45, 7) is 11.9. The number of carbonyl (C=O) groups excluding carboxylic acids is 2. The van der Waals surface area contributed by atoms with Gasteiger partial charge in [-0.2, -0.15) is 0 Å². The van der Waals surface area contributed by atoms with Crippen molar-refractivity contribution in [1.82, 2.24) is 9.80 Å². The second-order valence-corrected chi connectivity index (χ2v) is 18.2. The van der Waals surface area contributed by atoms with Crippen LogP contribution in [0.3, 0.4) is 0 Å². The van der Waals surface area contributed by atoms with Crippen LogP contribution in [0.25, 0.3) is 0 Å². The van der Waals surface area contributed by atoms with Crippen molar-refractivity contribution in [1.29, 1.82) is 0 Å². The number of fused-ring (bicyclic) bond motifs is 6. The van der Waals surface area contributed by atoms with Crippen molar-refractivity contribution in [2.45, 2.75) is 108 Å². The Morgan fingerprint density at radius 2 is 1.19 bits per heavy atom. The van der Waals surface area contributed by atoms with E-state index >= 15 is 0 Å². The van der Waals surface area contributed by atoms with Crippen LogP contribution in [-0.4, -0.2) is 59.5 Å². The average molecular weight is 970 g/mol. The highest BCUT2D eigenvalue weighted by Crippen LogP contribution is 2.50. The first-order chi connectivity index (χ1) is 27.1. The lowest BCUT2D eigenvalue weighted by molar-refractivity contribution is -0.151. The number of halogens is 3. The molecule has 0 saturated carbocycles. The Bertz CT molecular complexity index is 2090. The first-order valence-corrected chi connectivity index (χ1v) is 22.2. The monoisotopic (exact) mass is 966 g/mol. The zero-order chi connectivity index (χ0) is 41.2. The van der Waals surface area contributed by atoms with E-state index in [1.54, 1.807) is 14.2 Å². The second kappa shape index (κ2) is 18.0. The van der Waals surface area contributed by atoms with E-state index in [9.17, 15) is 9.59 Å². The number of alkyl halides is 1. The summed E-state index contributed by atoms with van der Waals surface area (Å²) in [5.74, 6) is 1.82. The van der Waals surface area contributed by atoms with Crippen LogP contribution >= 0.6 is 47.8 Å². The molecule has 8 rings (SSSR count). The molecule has 2 heterocycles. The van der Waals surface area contributed by atoms with Crippen LogP contribution in [0.4, 0.5) is 0 Å². The highest BCUT2D eigenvalue weighted by Gasteiger charge is 2.54. The van der Waals surface area contributed by atoms with Gasteiger partial charge in [0.2, 0.25) is 11.8 Å². The molecule has 0 bridgehead atoms. The van der Waals surface area contributed by atoms with Gasteiger partial charge in [-0.1, -0.05) is 110 Å². The topological polar surface area (TPSA) is 77.5 Å². The summed E-state index contributed by atoms with van der Waals surface area (Å²) in [5.41, 5.74) is 6.25. The van der Waals surface area contributed by atoms with Crippen LogP contribution in [0.15, 0.2) is 93.9 Å². The van der Waals surface area contributed by atoms with E-state index < -0.39 is 11.4 Å². The van der Waals surface area contributed by atoms with Crippen molar-refractivity contribution in [3.63, 3.8) is 0 Å². The molecule has 57 heavy (non-hydrogen) atoms. The molecule has 2 aliphatic heterocycles. The van der Waals surface area contributed by atoms with Crippen molar-refractivity contribution in [3.05, 3.63) is 127 Å². The summed E-state index contributed by atoms with van der Waals surface area (Å²) < 4.78 is 24.9. The van der Waals surface area contributed by atoms with E-state index in [0.717, 1.165) is 44.2 Å². The third-order valence-corrected chi connectivity index (χ3v) is 13.4. The second-order valence-electron chi connectivity index (χ2n) is 15.9. The van der Waals surface area contributed by atoms with E-state index in [-0.39, 0.29) is 42.0 Å². The highest BCUT2D eigenvalue weighted by atomic mass is 79.9. The van der Waals surface area contributed by atoms with E-state index in [1.165, 1.54) is 27.8 Å². The van der Waals surface area contributed by atoms with Crippen LogP contribution in [0.2, 0.25) is 0 Å². The first kappa shape index (κ1) is 43.4. The Hall–Kier alpha value is -3.22. The van der Waals surface area contributed by atoms with E-state index in [2.05, 4.69) is 84.2 Å². The number of benzene rings is 4. The van der Waals surface area contributed by atoms with Gasteiger partial charge in [-0.15, -0.1) is 0 Å². The van der Waals surface area contributed by atoms with Gasteiger partial charge in [0, 0.05) is 39.5 Å². The maximum absolute atomic E-state index is 13.6. The fourth-order valence-corrected chi connectivity index (χ4v) is 10.4. The van der Waals surface area contributed by atoms with Gasteiger partial charge in [-0.3, -0.25) is 9.59 Å². The molecule has 2 fully saturated rings. The fourth-order valence-electron chi connectivity index (χ4n) is 8.72. The highest BCUT2D eigenvalue weighted by molar-refractivity contribution is 9.11. The minimum absolute atomic E-state index is 0.00472. The number of methoxy groups -OCH3 is 2. The number of ether oxygens (including phenoxy) is 4. The molecular formula is C46H53Br3N2O6. The van der Waals surface area contributed by atoms with Gasteiger partial charge in [0.15, 0.2) is 0 Å². The molecule has 4 aromatic rings. The number of rotatable bonds is 7. The summed E-state index contributed by atoms with van der Waals surface area (Å²) in [6.07, 6.45) is 3.10. The van der Waals surface area contributed by atoms with E-state index in [4.69, 9.17) is 18.9 Å². The molecule has 4 aliphatic rings. The van der Waals surface area contributed by atoms with E-state index in [1.807, 2.05) is 99.9 Å². The molecule has 0 N–H and O–H groups in total. The molecule has 5 atom stereocenters. The Balaban J connectivity index is 0.000000161. The number of hydrogen-bond acceptors (Lipinski definition) is 6. The van der Waals surface area contributed by atoms with Crippen LogP contribution in [0.5, 0.6) is 11.5 Å². The van der Waals surface area contributed by atoms with Crippen molar-refractivity contribution in [2.24, 2.45) is 5.92 Å². The number of amides is 2. The van der Waals surface area contributed by atoms with Gasteiger partial charge < -0.3 is 28.7 Å². The Labute approximate surface area is 363 Å². The van der Waals surface area contributed by atoms with Crippen LogP contribution in [0, 0.1) is 5.92 Å². The number of hydrogen-bond donors (Lipinski definition) is 0. The smallest absolute Gasteiger partial charge is 0.228 e. The Kier molecular flexibility index (Phi) is 13.7. The average Bonchev–Trinajstić information content (AvgIpc) is 3.88. The Morgan fingerprint density at radius 1 is 0.737 bits per heavy atom. The SMILES string of the molecule is CCC(=O)N1C2c3ccccc3CC2OC1(C)C.COc1ccc(Br)c(CBr)c1.COc1ccc(Br)c(CC(C)C(=O)N2C3c4ccccc4CC3OC2(C)C)c1. The fraction of sp³-hybridized carbons (Fsp3) is 0.435. The first-order valence-electron chi connectivity index (χ1n) is 19.5. The minimum Gasteiger partial charge on any atom is -0.497 e. The zero-order valence-corrected chi connectivity index (χ0v) is 38.7. The molecule has 2 amide bonds. The van der Waals surface area contributed by atoms with Gasteiger partial charge in [0.05, 0.1) is 38.5 Å². The largest absolute Gasteiger partial charge is 0.497 e. The Morgan fingerprint density at radius 3 is 1.68 bits per heavy atom. The zero-order valence-electron chi connectivity index (χ0n) is 34.0. The van der Waals surface area contributed by atoms with Crippen LogP contribution in [0.1, 0.15) is 93.4 Å². The van der Waals surface area contributed by atoms with Gasteiger partial charge in [0.25, 0.3) is 0 Å². The lowest BCUT2D eigenvalue weighted by Crippen LogP contribution is -2.47. The molecule has 11 heteroatoms. The summed E-state index contributed by atoms with van der Waals surface area (Å²) in [5, 5.41) is 0.838. The van der Waals surface area contributed by atoms with Crippen LogP contribution < -0.4 is 9.47 Å². The predicted octanol–water partition coefficient (Wildman–Crippen LogP) is 10.9. The van der Waals surface area contributed by atoms with Crippen molar-refractivity contribution in [3.8, 4) is 11.5 Å². The third kappa shape index (κ3) is 9.03. The molecule has 0 radical (unpaired) electrons. The van der Waals surface area contributed by atoms with Gasteiger partial charge in [-0.05, 0) is 104 Å². The molecule has 304 valence electrons. The molecule has 5 unspecified atom stereocenters. The summed E-state index contributed by atoms with van der Waals surface area (Å²) in [6, 6.07) is 28.6. The molecular weight excluding hydrogens is 916 g/mol. The van der Waals surface area contributed by atoms with Crippen molar-refractivity contribution in [2.75, 3.05) is 14.2 Å². The number of carbonyl (C=O) groups is 2. The van der Waals surface area contributed by atoms with Gasteiger partial charge in [-0.25, -0.2) is 0 Å². The number of nitrogens with zero attached hydrogens (tertiary/aromatic N) is 2. The molecule has 2 aliphatic carbocycles. The lowest BCUT2D eigenvalue weighted by atomic mass is 9.96. The third-order valence-electron chi connectivity index (χ3n) is 11.3. The normalized spacial score (nSPS) is 22.2. The van der Waals surface area contributed by atoms with Crippen molar-refractivity contribution < 1.29 is 28.5 Å². The van der Waals surface area contributed by atoms with E-state index in [0.29, 0.717) is 12.8 Å². The maximum Gasteiger partial charge on any atom is 0.228 e. The van der Waals surface area contributed by atoms with Gasteiger partial charge >= 0.3 is 0 Å². The molecule has 4 aromatic carbocycles. The maximum atomic E-state index is 13.6. The van der Waals surface area contributed by atoms with Gasteiger partial charge in [0.1, 0.15) is 22.9 Å². The molecule has 0 aromatic heterocycles. The molecule has 0 spiro atoms.